The van der Waals surface area contributed by atoms with Crippen molar-refractivity contribution in [3.63, 3.8) is 0 Å². The molecular formula is C28H32N2O7. The van der Waals surface area contributed by atoms with Gasteiger partial charge in [0.2, 0.25) is 5.78 Å². The Labute approximate surface area is 215 Å². The molecule has 1 aromatic heterocycles. The van der Waals surface area contributed by atoms with E-state index in [-0.39, 0.29) is 11.3 Å². The van der Waals surface area contributed by atoms with Crippen LogP contribution in [0.5, 0.6) is 17.2 Å². The molecule has 0 saturated carbocycles. The number of nitrogens with zero attached hydrogens (tertiary/aromatic N) is 2. The number of methoxy groups -OCH3 is 3. The molecule has 0 aliphatic carbocycles. The molecule has 3 aromatic rings. The van der Waals surface area contributed by atoms with E-state index in [1.807, 2.05) is 13.8 Å². The molecule has 0 radical (unpaired) electrons. The van der Waals surface area contributed by atoms with Gasteiger partial charge in [-0.2, -0.15) is 0 Å². The summed E-state index contributed by atoms with van der Waals surface area (Å²) in [6.45, 7) is 6.57. The van der Waals surface area contributed by atoms with Crippen molar-refractivity contribution in [1.82, 2.24) is 9.80 Å². The van der Waals surface area contributed by atoms with Crippen molar-refractivity contribution in [2.24, 2.45) is 0 Å². The summed E-state index contributed by atoms with van der Waals surface area (Å²) in [6.07, 6.45) is 0. The SMILES string of the molecule is CCN(CC)CCN1C(=O)C(O)=C(C(=O)c2cc3cccc(OC)c3o2)C1c1ccc(OC)cc1OC. The minimum absolute atomic E-state index is 0.00285. The lowest BCUT2D eigenvalue weighted by atomic mass is 9.94. The van der Waals surface area contributed by atoms with Crippen LogP contribution >= 0.6 is 0 Å². The normalized spacial score (nSPS) is 15.7. The predicted molar refractivity (Wildman–Crippen MR) is 139 cm³/mol. The molecule has 1 N–H and O–H groups in total. The highest BCUT2D eigenvalue weighted by Gasteiger charge is 2.45. The van der Waals surface area contributed by atoms with Crippen molar-refractivity contribution < 1.29 is 33.3 Å². The molecule has 0 saturated heterocycles. The zero-order valence-corrected chi connectivity index (χ0v) is 21.7. The van der Waals surface area contributed by atoms with Gasteiger partial charge in [0.15, 0.2) is 22.9 Å². The molecule has 0 bridgehead atoms. The molecule has 2 heterocycles. The van der Waals surface area contributed by atoms with Gasteiger partial charge >= 0.3 is 0 Å². The minimum Gasteiger partial charge on any atom is -0.503 e. The van der Waals surface area contributed by atoms with Gasteiger partial charge in [0.1, 0.15) is 11.5 Å². The van der Waals surface area contributed by atoms with E-state index in [0.29, 0.717) is 46.9 Å². The summed E-state index contributed by atoms with van der Waals surface area (Å²) in [6, 6.07) is 11.2. The van der Waals surface area contributed by atoms with Crippen LogP contribution in [0.1, 0.15) is 36.0 Å². The summed E-state index contributed by atoms with van der Waals surface area (Å²) in [5, 5.41) is 11.7. The molecule has 0 spiro atoms. The molecule has 9 heteroatoms. The molecule has 2 aromatic carbocycles. The smallest absolute Gasteiger partial charge is 0.290 e. The maximum atomic E-state index is 13.9. The third-order valence-electron chi connectivity index (χ3n) is 6.79. The molecule has 37 heavy (non-hydrogen) atoms. The van der Waals surface area contributed by atoms with Crippen molar-refractivity contribution in [1.29, 1.82) is 0 Å². The van der Waals surface area contributed by atoms with Crippen LogP contribution in [0.25, 0.3) is 11.0 Å². The highest BCUT2D eigenvalue weighted by molar-refractivity contribution is 6.16. The van der Waals surface area contributed by atoms with Crippen LogP contribution in [-0.2, 0) is 4.79 Å². The van der Waals surface area contributed by atoms with E-state index in [1.165, 1.54) is 19.1 Å². The zero-order valence-electron chi connectivity index (χ0n) is 21.7. The van der Waals surface area contributed by atoms with Gasteiger partial charge < -0.3 is 33.5 Å². The fraction of sp³-hybridized carbons (Fsp3) is 0.357. The van der Waals surface area contributed by atoms with Gasteiger partial charge in [-0.1, -0.05) is 26.0 Å². The number of ether oxygens (including phenoxy) is 3. The Morgan fingerprint density at radius 2 is 1.76 bits per heavy atom. The van der Waals surface area contributed by atoms with E-state index in [0.717, 1.165) is 13.1 Å². The highest BCUT2D eigenvalue weighted by atomic mass is 16.5. The number of Topliss-reactive ketones (excluding diaryl/α,β-unsaturated/α-hetero) is 1. The quantitative estimate of drug-likeness (QED) is 0.381. The number of para-hydroxylation sites is 1. The molecule has 1 unspecified atom stereocenters. The van der Waals surface area contributed by atoms with Gasteiger partial charge in [-0.05, 0) is 37.4 Å². The highest BCUT2D eigenvalue weighted by Crippen LogP contribution is 2.44. The zero-order chi connectivity index (χ0) is 26.7. The third kappa shape index (κ3) is 4.74. The Hall–Kier alpha value is -3.98. The van der Waals surface area contributed by atoms with Gasteiger partial charge in [0.25, 0.3) is 5.91 Å². The van der Waals surface area contributed by atoms with E-state index < -0.39 is 23.5 Å². The fourth-order valence-corrected chi connectivity index (χ4v) is 4.71. The lowest BCUT2D eigenvalue weighted by Gasteiger charge is -2.30. The van der Waals surface area contributed by atoms with Gasteiger partial charge in [-0.3, -0.25) is 9.59 Å². The van der Waals surface area contributed by atoms with Gasteiger partial charge in [0, 0.05) is 30.1 Å². The Bertz CT molecular complexity index is 1340. The second-order valence-electron chi connectivity index (χ2n) is 8.62. The van der Waals surface area contributed by atoms with Crippen molar-refractivity contribution in [2.45, 2.75) is 19.9 Å². The average Bonchev–Trinajstić information content (AvgIpc) is 3.47. The summed E-state index contributed by atoms with van der Waals surface area (Å²) >= 11 is 0. The van der Waals surface area contributed by atoms with Crippen molar-refractivity contribution in [2.75, 3.05) is 47.5 Å². The first kappa shape index (κ1) is 26.1. The number of aliphatic hydroxyl groups excluding tert-OH is 1. The fourth-order valence-electron chi connectivity index (χ4n) is 4.71. The van der Waals surface area contributed by atoms with Crippen molar-refractivity contribution >= 4 is 22.7 Å². The molecular weight excluding hydrogens is 476 g/mol. The molecule has 1 aliphatic heterocycles. The Balaban J connectivity index is 1.82. The number of ketones is 1. The second kappa shape index (κ2) is 11.0. The van der Waals surface area contributed by atoms with Crippen molar-refractivity contribution in [3.05, 3.63) is 65.1 Å². The van der Waals surface area contributed by atoms with E-state index in [2.05, 4.69) is 4.90 Å². The van der Waals surface area contributed by atoms with E-state index >= 15 is 0 Å². The number of fused-ring (bicyclic) bond motifs is 1. The number of benzene rings is 2. The summed E-state index contributed by atoms with van der Waals surface area (Å²) in [5.41, 5.74) is 0.901. The largest absolute Gasteiger partial charge is 0.503 e. The molecule has 1 atom stereocenters. The maximum absolute atomic E-state index is 13.9. The van der Waals surface area contributed by atoms with Gasteiger partial charge in [-0.15, -0.1) is 0 Å². The Kier molecular flexibility index (Phi) is 7.73. The molecule has 0 fully saturated rings. The predicted octanol–water partition coefficient (Wildman–Crippen LogP) is 4.38. The number of aliphatic hydroxyl groups is 1. The van der Waals surface area contributed by atoms with Crippen molar-refractivity contribution in [3.8, 4) is 17.2 Å². The molecule has 1 aliphatic rings. The first-order valence-electron chi connectivity index (χ1n) is 12.2. The molecule has 9 nitrogen and oxygen atoms in total. The number of furan rings is 1. The summed E-state index contributed by atoms with van der Waals surface area (Å²) < 4.78 is 22.2. The van der Waals surface area contributed by atoms with E-state index in [1.54, 1.807) is 49.6 Å². The number of carbonyl (C=O) groups excluding carboxylic acids is 2. The summed E-state index contributed by atoms with van der Waals surface area (Å²) in [5.74, 6) is -0.339. The lowest BCUT2D eigenvalue weighted by molar-refractivity contribution is -0.129. The molecule has 4 rings (SSSR count). The maximum Gasteiger partial charge on any atom is 0.290 e. The third-order valence-corrected chi connectivity index (χ3v) is 6.79. The first-order chi connectivity index (χ1) is 17.9. The van der Waals surface area contributed by atoms with Crippen LogP contribution < -0.4 is 14.2 Å². The van der Waals surface area contributed by atoms with Crippen LogP contribution in [0.4, 0.5) is 0 Å². The average molecular weight is 509 g/mol. The topological polar surface area (TPSA) is 102 Å². The standard InChI is InChI=1S/C28H32N2O7/c1-6-29(7-2)13-14-30-24(19-12-11-18(34-3)16-21(19)36-5)23(26(32)28(30)33)25(31)22-15-17-9-8-10-20(35-4)27(17)37-22/h8-12,15-16,24,32H,6-7,13-14H2,1-5H3. The minimum atomic E-state index is -0.883. The molecule has 1 amide bonds. The van der Waals surface area contributed by atoms with Gasteiger partial charge in [-0.25, -0.2) is 0 Å². The molecule has 196 valence electrons. The first-order valence-corrected chi connectivity index (χ1v) is 12.2. The van der Waals surface area contributed by atoms with Crippen LogP contribution in [0, 0.1) is 0 Å². The van der Waals surface area contributed by atoms with E-state index in [9.17, 15) is 14.7 Å². The number of hydrogen-bond acceptors (Lipinski definition) is 8. The Morgan fingerprint density at radius 1 is 1.03 bits per heavy atom. The number of carbonyl (C=O) groups is 2. The lowest BCUT2D eigenvalue weighted by Crippen LogP contribution is -2.38. The number of amides is 1. The van der Waals surface area contributed by atoms with Crippen LogP contribution in [0.15, 0.2) is 58.2 Å². The Morgan fingerprint density at radius 3 is 2.41 bits per heavy atom. The summed E-state index contributed by atoms with van der Waals surface area (Å²) in [7, 11) is 4.56. The van der Waals surface area contributed by atoms with E-state index in [4.69, 9.17) is 18.6 Å². The summed E-state index contributed by atoms with van der Waals surface area (Å²) in [4.78, 5) is 30.9. The number of hydrogen-bond donors (Lipinski definition) is 1. The number of likely N-dealkylation sites (N-methyl/N-ethyl adjacent to an activating group) is 1. The monoisotopic (exact) mass is 508 g/mol. The number of rotatable bonds is 11. The van der Waals surface area contributed by atoms with Gasteiger partial charge in [0.05, 0.1) is 32.9 Å². The second-order valence-corrected chi connectivity index (χ2v) is 8.62. The van der Waals surface area contributed by atoms with Crippen LogP contribution in [0.2, 0.25) is 0 Å². The van der Waals surface area contributed by atoms with Crippen LogP contribution in [0.3, 0.4) is 0 Å². The van der Waals surface area contributed by atoms with Crippen LogP contribution in [-0.4, -0.2) is 74.1 Å².